The third-order valence-electron chi connectivity index (χ3n) is 3.37. The number of methoxy groups -OCH3 is 1. The first-order chi connectivity index (χ1) is 11.8. The van der Waals surface area contributed by atoms with Crippen LogP contribution in [0.5, 0.6) is 0 Å². The molecule has 2 rings (SSSR count). The predicted octanol–water partition coefficient (Wildman–Crippen LogP) is 4.31. The van der Waals surface area contributed by atoms with Gasteiger partial charge in [-0.1, -0.05) is 65.8 Å². The van der Waals surface area contributed by atoms with E-state index in [0.717, 1.165) is 29.7 Å². The van der Waals surface area contributed by atoms with Crippen molar-refractivity contribution >= 4 is 11.7 Å². The number of hydrogen-bond donors (Lipinski definition) is 0. The smallest absolute Gasteiger partial charge is 0.305 e. The number of carbonyl (C=O) groups is 1. The fourth-order valence-electron chi connectivity index (χ4n) is 2.12. The van der Waals surface area contributed by atoms with E-state index in [-0.39, 0.29) is 5.97 Å². The first-order valence-electron chi connectivity index (χ1n) is 7.87. The van der Waals surface area contributed by atoms with Gasteiger partial charge in [-0.05, 0) is 18.9 Å². The van der Waals surface area contributed by atoms with Crippen molar-refractivity contribution in [2.75, 3.05) is 7.11 Å². The number of allylic oxidation sites excluding steroid dienone is 1. The number of rotatable bonds is 8. The molecule has 0 saturated heterocycles. The van der Waals surface area contributed by atoms with E-state index in [4.69, 9.17) is 4.84 Å². The van der Waals surface area contributed by atoms with Crippen LogP contribution in [0.3, 0.4) is 0 Å². The van der Waals surface area contributed by atoms with Crippen LogP contribution in [0.4, 0.5) is 0 Å². The Kier molecular flexibility index (Phi) is 7.28. The lowest BCUT2D eigenvalue weighted by molar-refractivity contribution is -0.140. The molecule has 0 radical (unpaired) electrons. The van der Waals surface area contributed by atoms with Crippen LogP contribution in [0.15, 0.2) is 78.2 Å². The highest BCUT2D eigenvalue weighted by Crippen LogP contribution is 2.11. The molecule has 0 amide bonds. The first-order valence-corrected chi connectivity index (χ1v) is 7.87. The monoisotopic (exact) mass is 323 g/mol. The second-order valence-corrected chi connectivity index (χ2v) is 5.12. The molecule has 0 saturated carbocycles. The minimum absolute atomic E-state index is 0.196. The number of hydrogen-bond acceptors (Lipinski definition) is 4. The summed E-state index contributed by atoms with van der Waals surface area (Å²) in [7, 11) is 1.39. The molecule has 0 atom stereocenters. The molecule has 0 aliphatic carbocycles. The summed E-state index contributed by atoms with van der Waals surface area (Å²) in [5.74, 6) is -0.196. The lowest BCUT2D eigenvalue weighted by Gasteiger charge is -2.05. The molecule has 0 aliphatic heterocycles. The molecule has 0 N–H and O–H groups in total. The van der Waals surface area contributed by atoms with Gasteiger partial charge in [0.05, 0.1) is 7.11 Å². The number of carbonyl (C=O) groups excluding carboxylic acids is 1. The van der Waals surface area contributed by atoms with Gasteiger partial charge >= 0.3 is 5.97 Å². The van der Waals surface area contributed by atoms with Gasteiger partial charge in [-0.3, -0.25) is 4.79 Å². The van der Waals surface area contributed by atoms with Crippen molar-refractivity contribution in [3.05, 3.63) is 84.1 Å². The van der Waals surface area contributed by atoms with Crippen LogP contribution in [-0.2, 0) is 14.4 Å². The Morgan fingerprint density at radius 3 is 2.12 bits per heavy atom. The Labute approximate surface area is 142 Å². The minimum atomic E-state index is -0.196. The Morgan fingerprint density at radius 1 is 1.00 bits per heavy atom. The quantitative estimate of drug-likeness (QED) is 0.239. The topological polar surface area (TPSA) is 47.9 Å². The van der Waals surface area contributed by atoms with Crippen LogP contribution < -0.4 is 0 Å². The van der Waals surface area contributed by atoms with Crippen LogP contribution in [0.1, 0.15) is 30.4 Å². The number of benzene rings is 2. The average molecular weight is 323 g/mol. The number of oxime groups is 1. The van der Waals surface area contributed by atoms with E-state index in [9.17, 15) is 4.79 Å². The average Bonchev–Trinajstić information content (AvgIpc) is 2.65. The fourth-order valence-corrected chi connectivity index (χ4v) is 2.12. The van der Waals surface area contributed by atoms with Crippen LogP contribution in [0.25, 0.3) is 0 Å². The van der Waals surface area contributed by atoms with Gasteiger partial charge in [-0.2, -0.15) is 0 Å². The van der Waals surface area contributed by atoms with E-state index in [2.05, 4.69) is 9.89 Å². The van der Waals surface area contributed by atoms with Gasteiger partial charge in [0.1, 0.15) is 12.0 Å². The van der Waals surface area contributed by atoms with Gasteiger partial charge in [0.25, 0.3) is 0 Å². The molecular weight excluding hydrogens is 302 g/mol. The van der Waals surface area contributed by atoms with E-state index >= 15 is 0 Å². The van der Waals surface area contributed by atoms with Crippen LogP contribution in [0.2, 0.25) is 0 Å². The molecule has 4 heteroatoms. The molecule has 0 spiro atoms. The van der Waals surface area contributed by atoms with Crippen molar-refractivity contribution in [1.82, 2.24) is 0 Å². The van der Waals surface area contributed by atoms with Gasteiger partial charge in [-0.15, -0.1) is 0 Å². The van der Waals surface area contributed by atoms with Gasteiger partial charge in [0.2, 0.25) is 0 Å². The summed E-state index contributed by atoms with van der Waals surface area (Å²) in [6.45, 7) is 0. The van der Waals surface area contributed by atoms with Crippen molar-refractivity contribution < 1.29 is 14.4 Å². The summed E-state index contributed by atoms with van der Waals surface area (Å²) in [6, 6.07) is 19.8. The lowest BCUT2D eigenvalue weighted by Crippen LogP contribution is -2.03. The maximum Gasteiger partial charge on any atom is 0.305 e. The first kappa shape index (κ1) is 17.5. The second-order valence-electron chi connectivity index (χ2n) is 5.12. The summed E-state index contributed by atoms with van der Waals surface area (Å²) < 4.78 is 4.59. The standard InChI is InChI=1S/C20H21NO3/c1-23-19(22)15-9-4-10-16-24-21-20(17-11-5-2-6-12-17)18-13-7-3-8-14-18/h2-3,5-8,10-14,16H,4,9,15H2,1H3/b16-10+. The van der Waals surface area contributed by atoms with E-state index in [0.29, 0.717) is 6.42 Å². The SMILES string of the molecule is COC(=O)CCC/C=C/ON=C(c1ccccc1)c1ccccc1. The van der Waals surface area contributed by atoms with E-state index in [1.54, 1.807) is 6.26 Å². The van der Waals surface area contributed by atoms with Crippen LogP contribution >= 0.6 is 0 Å². The second kappa shape index (κ2) is 10.0. The molecular formula is C20H21NO3. The molecule has 2 aromatic carbocycles. The minimum Gasteiger partial charge on any atom is -0.469 e. The molecule has 0 heterocycles. The number of unbranched alkanes of at least 4 members (excludes halogenated alkanes) is 1. The lowest BCUT2D eigenvalue weighted by atomic mass is 10.0. The van der Waals surface area contributed by atoms with Gasteiger partial charge in [0, 0.05) is 17.5 Å². The summed E-state index contributed by atoms with van der Waals surface area (Å²) in [5, 5.41) is 4.25. The molecule has 124 valence electrons. The zero-order valence-electron chi connectivity index (χ0n) is 13.7. The van der Waals surface area contributed by atoms with Crippen molar-refractivity contribution in [3.63, 3.8) is 0 Å². The molecule has 4 nitrogen and oxygen atoms in total. The number of nitrogens with zero attached hydrogens (tertiary/aromatic N) is 1. The Bertz CT molecular complexity index is 637. The van der Waals surface area contributed by atoms with E-state index in [1.807, 2.05) is 66.7 Å². The van der Waals surface area contributed by atoms with Crippen molar-refractivity contribution in [3.8, 4) is 0 Å². The highest BCUT2D eigenvalue weighted by atomic mass is 16.6. The predicted molar refractivity (Wildman–Crippen MR) is 94.6 cm³/mol. The van der Waals surface area contributed by atoms with Gasteiger partial charge < -0.3 is 9.57 Å². The van der Waals surface area contributed by atoms with Crippen molar-refractivity contribution in [1.29, 1.82) is 0 Å². The zero-order valence-corrected chi connectivity index (χ0v) is 13.7. The van der Waals surface area contributed by atoms with Crippen molar-refractivity contribution in [2.24, 2.45) is 5.16 Å². The van der Waals surface area contributed by atoms with E-state index < -0.39 is 0 Å². The Morgan fingerprint density at radius 2 is 1.58 bits per heavy atom. The maximum absolute atomic E-state index is 11.0. The van der Waals surface area contributed by atoms with Gasteiger partial charge in [0.15, 0.2) is 0 Å². The molecule has 0 fully saturated rings. The number of esters is 1. The Balaban J connectivity index is 1.98. The van der Waals surface area contributed by atoms with Crippen LogP contribution in [0, 0.1) is 0 Å². The third-order valence-corrected chi connectivity index (χ3v) is 3.37. The third kappa shape index (κ3) is 5.72. The summed E-state index contributed by atoms with van der Waals surface area (Å²) in [5.41, 5.74) is 2.75. The van der Waals surface area contributed by atoms with E-state index in [1.165, 1.54) is 7.11 Å². The molecule has 0 unspecified atom stereocenters. The van der Waals surface area contributed by atoms with Crippen LogP contribution in [-0.4, -0.2) is 18.8 Å². The normalized spacial score (nSPS) is 10.4. The summed E-state index contributed by atoms with van der Waals surface area (Å²) in [4.78, 5) is 16.3. The highest BCUT2D eigenvalue weighted by molar-refractivity contribution is 6.12. The summed E-state index contributed by atoms with van der Waals surface area (Å²) >= 11 is 0. The largest absolute Gasteiger partial charge is 0.469 e. The molecule has 0 aromatic heterocycles. The maximum atomic E-state index is 11.0. The molecule has 0 bridgehead atoms. The van der Waals surface area contributed by atoms with Crippen molar-refractivity contribution in [2.45, 2.75) is 19.3 Å². The molecule has 24 heavy (non-hydrogen) atoms. The van der Waals surface area contributed by atoms with Gasteiger partial charge in [-0.25, -0.2) is 0 Å². The Hall–Kier alpha value is -2.88. The fraction of sp³-hybridized carbons (Fsp3) is 0.200. The summed E-state index contributed by atoms with van der Waals surface area (Å²) in [6.07, 6.45) is 5.25. The molecule has 2 aromatic rings. The zero-order chi connectivity index (χ0) is 17.0. The highest BCUT2D eigenvalue weighted by Gasteiger charge is 2.06. The number of ether oxygens (including phenoxy) is 1. The molecule has 0 aliphatic rings.